The zero-order valence-electron chi connectivity index (χ0n) is 14.8. The number of methoxy groups -OCH3 is 1. The van der Waals surface area contributed by atoms with E-state index in [-0.39, 0.29) is 17.9 Å². The average molecular weight is 344 g/mol. The number of carbonyl (C=O) groups is 2. The topological polar surface area (TPSA) is 80.6 Å². The number of amides is 1. The Kier molecular flexibility index (Phi) is 4.70. The molecule has 1 amide bonds. The number of aryl methyl sites for hydroxylation is 1. The van der Waals surface area contributed by atoms with Crippen molar-refractivity contribution in [2.75, 3.05) is 7.11 Å². The Morgan fingerprint density at radius 3 is 2.68 bits per heavy atom. The molecular weight excluding hydrogens is 320 g/mol. The van der Waals surface area contributed by atoms with Crippen LogP contribution < -0.4 is 10.1 Å². The van der Waals surface area contributed by atoms with Gasteiger partial charge in [0.05, 0.1) is 18.6 Å². The van der Waals surface area contributed by atoms with Crippen molar-refractivity contribution >= 4 is 22.8 Å². The van der Waals surface area contributed by atoms with Crippen molar-refractivity contribution in [3.8, 4) is 5.75 Å². The van der Waals surface area contributed by atoms with Gasteiger partial charge in [-0.15, -0.1) is 0 Å². The largest absolute Gasteiger partial charge is 0.497 e. The third kappa shape index (κ3) is 3.08. The first-order valence-corrected chi connectivity index (χ1v) is 8.66. The Balaban J connectivity index is 1.92. The molecule has 2 N–H and O–H groups in total. The zero-order chi connectivity index (χ0) is 18.1. The van der Waals surface area contributed by atoms with Crippen molar-refractivity contribution in [2.45, 2.75) is 45.7 Å². The summed E-state index contributed by atoms with van der Waals surface area (Å²) >= 11 is 0. The quantitative estimate of drug-likeness (QED) is 0.844. The third-order valence-corrected chi connectivity index (χ3v) is 5.03. The summed E-state index contributed by atoms with van der Waals surface area (Å²) in [6.07, 6.45) is 1.97. The second-order valence-corrected chi connectivity index (χ2v) is 6.67. The van der Waals surface area contributed by atoms with E-state index in [9.17, 15) is 9.59 Å². The van der Waals surface area contributed by atoms with E-state index in [0.29, 0.717) is 24.2 Å². The van der Waals surface area contributed by atoms with Gasteiger partial charge in [0.1, 0.15) is 5.75 Å². The van der Waals surface area contributed by atoms with Crippen molar-refractivity contribution in [1.29, 1.82) is 0 Å². The van der Waals surface area contributed by atoms with Crippen LogP contribution >= 0.6 is 0 Å². The Labute approximate surface area is 146 Å². The van der Waals surface area contributed by atoms with Gasteiger partial charge in [0.2, 0.25) is 0 Å². The number of ether oxygens (including phenoxy) is 1. The molecule has 1 aromatic carbocycles. The smallest absolute Gasteiger partial charge is 0.306 e. The van der Waals surface area contributed by atoms with Gasteiger partial charge in [-0.1, -0.05) is 6.92 Å². The van der Waals surface area contributed by atoms with Crippen LogP contribution in [0.2, 0.25) is 0 Å². The number of carboxylic acids is 1. The Morgan fingerprint density at radius 1 is 1.36 bits per heavy atom. The highest BCUT2D eigenvalue weighted by Gasteiger charge is 2.36. The van der Waals surface area contributed by atoms with E-state index in [1.165, 1.54) is 0 Å². The van der Waals surface area contributed by atoms with Crippen molar-refractivity contribution in [2.24, 2.45) is 5.92 Å². The third-order valence-electron chi connectivity index (χ3n) is 5.03. The number of aliphatic carboxylic acids is 1. The number of nitrogens with one attached hydrogen (secondary N) is 1. The maximum absolute atomic E-state index is 12.9. The number of rotatable bonds is 6. The first kappa shape index (κ1) is 17.3. The van der Waals surface area contributed by atoms with Crippen molar-refractivity contribution in [1.82, 2.24) is 9.88 Å². The van der Waals surface area contributed by atoms with Gasteiger partial charge in [-0.05, 0) is 44.4 Å². The fourth-order valence-electron chi connectivity index (χ4n) is 3.58. The molecule has 0 unspecified atom stereocenters. The molecule has 1 aliphatic carbocycles. The molecule has 0 saturated heterocycles. The molecule has 0 atom stereocenters. The fraction of sp³-hybridized carbons (Fsp3) is 0.474. The number of benzene rings is 1. The second kappa shape index (κ2) is 6.78. The number of hydrogen-bond acceptors (Lipinski definition) is 3. The SMILES string of the molecule is CCCn1c(C)c(C(=O)NC2CC(C(=O)O)C2)c2cc(OC)ccc21. The Bertz CT molecular complexity index is 818. The molecule has 0 radical (unpaired) electrons. The van der Waals surface area contributed by atoms with Gasteiger partial charge in [-0.3, -0.25) is 9.59 Å². The van der Waals surface area contributed by atoms with Gasteiger partial charge in [-0.25, -0.2) is 0 Å². The molecule has 6 heteroatoms. The number of nitrogens with zero attached hydrogens (tertiary/aromatic N) is 1. The van der Waals surface area contributed by atoms with E-state index in [2.05, 4.69) is 16.8 Å². The van der Waals surface area contributed by atoms with E-state index in [4.69, 9.17) is 9.84 Å². The van der Waals surface area contributed by atoms with Crippen LogP contribution in [0.4, 0.5) is 0 Å². The number of aromatic nitrogens is 1. The first-order valence-electron chi connectivity index (χ1n) is 8.66. The summed E-state index contributed by atoms with van der Waals surface area (Å²) in [6, 6.07) is 5.71. The summed E-state index contributed by atoms with van der Waals surface area (Å²) < 4.78 is 7.47. The average Bonchev–Trinajstić information content (AvgIpc) is 2.81. The first-order chi connectivity index (χ1) is 12.0. The lowest BCUT2D eigenvalue weighted by Gasteiger charge is -2.32. The number of fused-ring (bicyclic) bond motifs is 1. The summed E-state index contributed by atoms with van der Waals surface area (Å²) in [7, 11) is 1.61. The van der Waals surface area contributed by atoms with E-state index in [1.54, 1.807) is 7.11 Å². The fourth-order valence-corrected chi connectivity index (χ4v) is 3.58. The minimum absolute atomic E-state index is 0.0665. The van der Waals surface area contributed by atoms with Crippen LogP contribution in [0.15, 0.2) is 18.2 Å². The molecule has 134 valence electrons. The standard InChI is InChI=1S/C19H24N2O4/c1-4-7-21-11(2)17(15-10-14(25-3)5-6-16(15)21)18(22)20-13-8-12(9-13)19(23)24/h5-6,10,12-13H,4,7-9H2,1-3H3,(H,20,22)(H,23,24). The lowest BCUT2D eigenvalue weighted by atomic mass is 9.80. The Hall–Kier alpha value is -2.50. The summed E-state index contributed by atoms with van der Waals surface area (Å²) in [4.78, 5) is 23.8. The van der Waals surface area contributed by atoms with Gasteiger partial charge in [0.15, 0.2) is 0 Å². The lowest BCUT2D eigenvalue weighted by molar-refractivity contribution is -0.145. The molecule has 6 nitrogen and oxygen atoms in total. The van der Waals surface area contributed by atoms with Crippen LogP contribution in [0.25, 0.3) is 10.9 Å². The molecule has 1 fully saturated rings. The minimum Gasteiger partial charge on any atom is -0.497 e. The normalized spacial score (nSPS) is 19.5. The maximum atomic E-state index is 12.9. The van der Waals surface area contributed by atoms with Crippen molar-refractivity contribution in [3.05, 3.63) is 29.5 Å². The molecule has 1 aliphatic rings. The summed E-state index contributed by atoms with van der Waals surface area (Å²) in [6.45, 7) is 4.90. The van der Waals surface area contributed by atoms with Crippen LogP contribution in [0.3, 0.4) is 0 Å². The molecular formula is C19H24N2O4. The highest BCUT2D eigenvalue weighted by atomic mass is 16.5. The molecule has 1 heterocycles. The molecule has 25 heavy (non-hydrogen) atoms. The van der Waals surface area contributed by atoms with Crippen LogP contribution in [-0.2, 0) is 11.3 Å². The number of carboxylic acid groups (broad SMARTS) is 1. The summed E-state index contributed by atoms with van der Waals surface area (Å²) in [5.74, 6) is -0.553. The van der Waals surface area contributed by atoms with Crippen LogP contribution in [0, 0.1) is 12.8 Å². The lowest BCUT2D eigenvalue weighted by Crippen LogP contribution is -2.46. The van der Waals surface area contributed by atoms with E-state index >= 15 is 0 Å². The van der Waals surface area contributed by atoms with Gasteiger partial charge >= 0.3 is 5.97 Å². The van der Waals surface area contributed by atoms with Crippen molar-refractivity contribution < 1.29 is 19.4 Å². The molecule has 1 aromatic heterocycles. The number of carbonyl (C=O) groups excluding carboxylic acids is 1. The summed E-state index contributed by atoms with van der Waals surface area (Å²) in [5, 5.41) is 12.8. The summed E-state index contributed by atoms with van der Waals surface area (Å²) in [5.41, 5.74) is 2.60. The van der Waals surface area contributed by atoms with Gasteiger partial charge in [0.25, 0.3) is 5.91 Å². The molecule has 2 aromatic rings. The molecule has 3 rings (SSSR count). The highest BCUT2D eigenvalue weighted by Crippen LogP contribution is 2.32. The monoisotopic (exact) mass is 344 g/mol. The minimum atomic E-state index is -0.786. The second-order valence-electron chi connectivity index (χ2n) is 6.67. The van der Waals surface area contributed by atoms with Crippen LogP contribution in [-0.4, -0.2) is 34.7 Å². The molecule has 0 bridgehead atoms. The van der Waals surface area contributed by atoms with E-state index in [1.807, 2.05) is 25.1 Å². The van der Waals surface area contributed by atoms with Gasteiger partial charge in [-0.2, -0.15) is 0 Å². The van der Waals surface area contributed by atoms with E-state index < -0.39 is 5.97 Å². The zero-order valence-corrected chi connectivity index (χ0v) is 14.8. The molecule has 0 aliphatic heterocycles. The predicted octanol–water partition coefficient (Wildman–Crippen LogP) is 2.96. The van der Waals surface area contributed by atoms with Crippen LogP contribution in [0.1, 0.15) is 42.2 Å². The highest BCUT2D eigenvalue weighted by molar-refractivity contribution is 6.09. The van der Waals surface area contributed by atoms with Gasteiger partial charge < -0.3 is 19.7 Å². The van der Waals surface area contributed by atoms with Gasteiger partial charge in [0, 0.05) is 29.2 Å². The predicted molar refractivity (Wildman–Crippen MR) is 95.1 cm³/mol. The Morgan fingerprint density at radius 2 is 2.08 bits per heavy atom. The van der Waals surface area contributed by atoms with Crippen molar-refractivity contribution in [3.63, 3.8) is 0 Å². The number of hydrogen-bond donors (Lipinski definition) is 2. The van der Waals surface area contributed by atoms with E-state index in [0.717, 1.165) is 29.6 Å². The molecule has 0 spiro atoms. The van der Waals surface area contributed by atoms with Crippen LogP contribution in [0.5, 0.6) is 5.75 Å². The maximum Gasteiger partial charge on any atom is 0.306 e. The molecule has 1 saturated carbocycles.